The number of hydrogen-bond acceptors (Lipinski definition) is 1. The van der Waals surface area contributed by atoms with Crippen LogP contribution >= 0.6 is 11.6 Å². The summed E-state index contributed by atoms with van der Waals surface area (Å²) in [7, 11) is 0. The molecule has 0 aromatic heterocycles. The van der Waals surface area contributed by atoms with E-state index in [2.05, 4.69) is 12.1 Å². The van der Waals surface area contributed by atoms with Gasteiger partial charge in [-0.1, -0.05) is 30.3 Å². The minimum atomic E-state index is -0.259. The molecule has 1 heterocycles. The van der Waals surface area contributed by atoms with Gasteiger partial charge < -0.3 is 4.74 Å². The van der Waals surface area contributed by atoms with Crippen molar-refractivity contribution in [1.29, 1.82) is 0 Å². The fraction of sp³-hybridized carbons (Fsp3) is 0.250. The summed E-state index contributed by atoms with van der Waals surface area (Å²) < 4.78 is 18.7. The first-order valence-corrected chi connectivity index (χ1v) is 6.68. The predicted octanol–water partition coefficient (Wildman–Crippen LogP) is 4.49. The van der Waals surface area contributed by atoms with Gasteiger partial charge in [-0.3, -0.25) is 0 Å². The molecule has 1 atom stereocenters. The smallest absolute Gasteiger partial charge is 0.126 e. The summed E-state index contributed by atoms with van der Waals surface area (Å²) in [6.45, 7) is 3.08. The maximum Gasteiger partial charge on any atom is 0.126 e. The molecule has 3 heteroatoms. The van der Waals surface area contributed by atoms with Crippen molar-refractivity contribution in [2.75, 3.05) is 0 Å². The highest BCUT2D eigenvalue weighted by atomic mass is 35.5. The quantitative estimate of drug-likeness (QED) is 0.734. The fourth-order valence-electron chi connectivity index (χ4n) is 2.37. The van der Waals surface area contributed by atoms with E-state index < -0.39 is 0 Å². The number of hydrogen-bond donors (Lipinski definition) is 0. The van der Waals surface area contributed by atoms with Crippen LogP contribution in [0.25, 0.3) is 0 Å². The molecule has 0 saturated carbocycles. The minimum Gasteiger partial charge on any atom is -0.372 e. The summed E-state index contributed by atoms with van der Waals surface area (Å²) in [6.07, 6.45) is 0. The molecular weight excluding hydrogens is 263 g/mol. The Morgan fingerprint density at radius 2 is 1.74 bits per heavy atom. The number of ether oxygens (including phenoxy) is 1. The van der Waals surface area contributed by atoms with Crippen molar-refractivity contribution in [2.45, 2.75) is 25.5 Å². The Kier molecular flexibility index (Phi) is 3.29. The van der Waals surface area contributed by atoms with Crippen LogP contribution in [0.4, 0.5) is 4.39 Å². The molecule has 0 spiro atoms. The molecule has 1 unspecified atom stereocenters. The van der Waals surface area contributed by atoms with E-state index in [9.17, 15) is 4.39 Å². The molecule has 1 aliphatic rings. The minimum absolute atomic E-state index is 0.199. The average Bonchev–Trinajstić information content (AvgIpc) is 2.88. The number of rotatable bonds is 2. The summed E-state index contributed by atoms with van der Waals surface area (Å²) in [5.41, 5.74) is 4.98. The van der Waals surface area contributed by atoms with Crippen LogP contribution in [0.1, 0.15) is 33.2 Å². The molecule has 0 bridgehead atoms. The molecule has 1 nitrogen and oxygen atoms in total. The summed E-state index contributed by atoms with van der Waals surface area (Å²) in [4.78, 5) is 0. The standard InChI is InChI=1S/C16H14ClFO/c1-10-6-11(4-5-15(10)18)16(17)12-2-3-13-8-19-9-14(13)7-12/h2-7,16H,8-9H2,1H3. The van der Waals surface area contributed by atoms with Crippen LogP contribution in [-0.4, -0.2) is 0 Å². The lowest BCUT2D eigenvalue weighted by atomic mass is 9.99. The third-order valence-electron chi connectivity index (χ3n) is 3.51. The molecule has 0 fully saturated rings. The van der Waals surface area contributed by atoms with Gasteiger partial charge in [-0.25, -0.2) is 4.39 Å². The van der Waals surface area contributed by atoms with E-state index in [0.717, 1.165) is 11.1 Å². The first-order valence-electron chi connectivity index (χ1n) is 6.25. The Balaban J connectivity index is 1.94. The zero-order valence-corrected chi connectivity index (χ0v) is 11.4. The molecule has 2 aromatic carbocycles. The normalized spacial score (nSPS) is 15.3. The van der Waals surface area contributed by atoms with E-state index in [1.807, 2.05) is 6.07 Å². The van der Waals surface area contributed by atoms with Crippen molar-refractivity contribution in [3.05, 3.63) is 70.0 Å². The summed E-state index contributed by atoms with van der Waals surface area (Å²) in [6, 6.07) is 11.2. The van der Waals surface area contributed by atoms with Gasteiger partial charge >= 0.3 is 0 Å². The molecule has 19 heavy (non-hydrogen) atoms. The van der Waals surface area contributed by atoms with Gasteiger partial charge in [0, 0.05) is 0 Å². The third-order valence-corrected chi connectivity index (χ3v) is 4.02. The first-order chi connectivity index (χ1) is 9.15. The monoisotopic (exact) mass is 276 g/mol. The molecular formula is C16H14ClFO. The third kappa shape index (κ3) is 2.38. The maximum absolute atomic E-state index is 13.3. The molecule has 0 radical (unpaired) electrons. The molecule has 0 aliphatic carbocycles. The molecule has 1 aliphatic heterocycles. The molecule has 98 valence electrons. The van der Waals surface area contributed by atoms with E-state index in [4.69, 9.17) is 16.3 Å². The van der Waals surface area contributed by atoms with Crippen molar-refractivity contribution in [2.24, 2.45) is 0 Å². The van der Waals surface area contributed by atoms with Gasteiger partial charge in [0.1, 0.15) is 5.82 Å². The van der Waals surface area contributed by atoms with Crippen molar-refractivity contribution in [3.8, 4) is 0 Å². The topological polar surface area (TPSA) is 9.23 Å². The SMILES string of the molecule is Cc1cc(C(Cl)c2ccc3c(c2)COC3)ccc1F. The van der Waals surface area contributed by atoms with Crippen LogP contribution < -0.4 is 0 Å². The highest BCUT2D eigenvalue weighted by Gasteiger charge is 2.16. The number of alkyl halides is 1. The average molecular weight is 277 g/mol. The van der Waals surface area contributed by atoms with Crippen molar-refractivity contribution >= 4 is 11.6 Å². The van der Waals surface area contributed by atoms with E-state index in [1.165, 1.54) is 17.2 Å². The number of aryl methyl sites for hydroxylation is 1. The van der Waals surface area contributed by atoms with E-state index in [-0.39, 0.29) is 11.2 Å². The van der Waals surface area contributed by atoms with Gasteiger partial charge in [0.25, 0.3) is 0 Å². The van der Waals surface area contributed by atoms with Gasteiger partial charge in [0.15, 0.2) is 0 Å². The number of halogens is 2. The van der Waals surface area contributed by atoms with Crippen LogP contribution in [0, 0.1) is 12.7 Å². The largest absolute Gasteiger partial charge is 0.372 e. The highest BCUT2D eigenvalue weighted by Crippen LogP contribution is 2.32. The van der Waals surface area contributed by atoms with Crippen molar-refractivity contribution in [3.63, 3.8) is 0 Å². The number of fused-ring (bicyclic) bond motifs is 1. The lowest BCUT2D eigenvalue weighted by molar-refractivity contribution is 0.134. The van der Waals surface area contributed by atoms with E-state index in [0.29, 0.717) is 18.8 Å². The van der Waals surface area contributed by atoms with Crippen molar-refractivity contribution < 1.29 is 9.13 Å². The van der Waals surface area contributed by atoms with E-state index in [1.54, 1.807) is 19.1 Å². The Morgan fingerprint density at radius 1 is 1.05 bits per heavy atom. The zero-order valence-electron chi connectivity index (χ0n) is 10.6. The second-order valence-electron chi connectivity index (χ2n) is 4.89. The van der Waals surface area contributed by atoms with Gasteiger partial charge in [-0.05, 0) is 40.8 Å². The summed E-state index contributed by atoms with van der Waals surface area (Å²) >= 11 is 6.49. The molecule has 2 aromatic rings. The second-order valence-corrected chi connectivity index (χ2v) is 5.33. The summed E-state index contributed by atoms with van der Waals surface area (Å²) in [5, 5.41) is -0.259. The van der Waals surface area contributed by atoms with Crippen LogP contribution in [0.15, 0.2) is 36.4 Å². The molecule has 0 N–H and O–H groups in total. The number of benzene rings is 2. The van der Waals surface area contributed by atoms with Gasteiger partial charge in [0.05, 0.1) is 18.6 Å². The van der Waals surface area contributed by atoms with E-state index >= 15 is 0 Å². The first kappa shape index (κ1) is 12.6. The lowest BCUT2D eigenvalue weighted by Gasteiger charge is -2.12. The molecule has 3 rings (SSSR count). The van der Waals surface area contributed by atoms with Gasteiger partial charge in [0.2, 0.25) is 0 Å². The molecule has 0 amide bonds. The lowest BCUT2D eigenvalue weighted by Crippen LogP contribution is -1.96. The Labute approximate surface area is 117 Å². The maximum atomic E-state index is 13.3. The second kappa shape index (κ2) is 4.95. The fourth-order valence-corrected chi connectivity index (χ4v) is 2.64. The van der Waals surface area contributed by atoms with Crippen molar-refractivity contribution in [1.82, 2.24) is 0 Å². The van der Waals surface area contributed by atoms with Gasteiger partial charge in [-0.15, -0.1) is 11.6 Å². The van der Waals surface area contributed by atoms with Crippen LogP contribution in [0.2, 0.25) is 0 Å². The Hall–Kier alpha value is -1.38. The Bertz CT molecular complexity index is 624. The van der Waals surface area contributed by atoms with Crippen LogP contribution in [0.3, 0.4) is 0 Å². The zero-order chi connectivity index (χ0) is 13.4. The highest BCUT2D eigenvalue weighted by molar-refractivity contribution is 6.22. The Morgan fingerprint density at radius 3 is 2.53 bits per heavy atom. The predicted molar refractivity (Wildman–Crippen MR) is 73.8 cm³/mol. The van der Waals surface area contributed by atoms with Gasteiger partial charge in [-0.2, -0.15) is 0 Å². The molecule has 0 saturated heterocycles. The van der Waals surface area contributed by atoms with Crippen LogP contribution in [0.5, 0.6) is 0 Å². The summed E-state index contributed by atoms with van der Waals surface area (Å²) in [5.74, 6) is -0.199. The van der Waals surface area contributed by atoms with Crippen LogP contribution in [-0.2, 0) is 18.0 Å².